The van der Waals surface area contributed by atoms with Gasteiger partial charge in [-0.25, -0.2) is 0 Å². The van der Waals surface area contributed by atoms with Gasteiger partial charge in [0.05, 0.1) is 13.0 Å². The molecule has 8 heteroatoms. The van der Waals surface area contributed by atoms with Gasteiger partial charge >= 0.3 is 0 Å². The lowest BCUT2D eigenvalue weighted by Crippen LogP contribution is -2.48. The third-order valence-electron chi connectivity index (χ3n) is 5.76. The van der Waals surface area contributed by atoms with E-state index in [1.165, 1.54) is 0 Å². The first-order valence-electron chi connectivity index (χ1n) is 10.1. The highest BCUT2D eigenvalue weighted by atomic mass is 16.5. The third-order valence-corrected chi connectivity index (χ3v) is 5.76. The number of methoxy groups -OCH3 is 1. The zero-order valence-electron chi connectivity index (χ0n) is 16.8. The van der Waals surface area contributed by atoms with E-state index >= 15 is 0 Å². The SMILES string of the molecule is COc1cccc(CCC(=O)N2CC(c3noc(C4CCCN4C(C)=O)n3)C2)c1. The Morgan fingerprint density at radius 3 is 2.90 bits per heavy atom. The molecule has 0 N–H and O–H groups in total. The van der Waals surface area contributed by atoms with Crippen molar-refractivity contribution in [2.24, 2.45) is 0 Å². The second kappa shape index (κ2) is 8.23. The maximum atomic E-state index is 12.4. The van der Waals surface area contributed by atoms with Crippen molar-refractivity contribution >= 4 is 11.8 Å². The van der Waals surface area contributed by atoms with Crippen molar-refractivity contribution in [1.29, 1.82) is 0 Å². The summed E-state index contributed by atoms with van der Waals surface area (Å²) in [5.74, 6) is 2.20. The monoisotopic (exact) mass is 398 g/mol. The van der Waals surface area contributed by atoms with E-state index in [-0.39, 0.29) is 23.8 Å². The van der Waals surface area contributed by atoms with Gasteiger partial charge in [-0.15, -0.1) is 0 Å². The number of hydrogen-bond donors (Lipinski definition) is 0. The zero-order chi connectivity index (χ0) is 20.4. The van der Waals surface area contributed by atoms with Gasteiger partial charge in [-0.2, -0.15) is 4.98 Å². The van der Waals surface area contributed by atoms with Crippen molar-refractivity contribution in [3.8, 4) is 5.75 Å². The molecular formula is C21H26N4O4. The number of rotatable bonds is 6. The van der Waals surface area contributed by atoms with Crippen LogP contribution in [-0.2, 0) is 16.0 Å². The number of ether oxygens (including phenoxy) is 1. The summed E-state index contributed by atoms with van der Waals surface area (Å²) in [4.78, 5) is 32.3. The third kappa shape index (κ3) is 4.11. The fraction of sp³-hybridized carbons (Fsp3) is 0.524. The zero-order valence-corrected chi connectivity index (χ0v) is 16.8. The first-order valence-corrected chi connectivity index (χ1v) is 10.1. The minimum Gasteiger partial charge on any atom is -0.497 e. The molecule has 2 amide bonds. The number of nitrogens with zero attached hydrogens (tertiary/aromatic N) is 4. The molecule has 1 aromatic heterocycles. The Bertz CT molecular complexity index is 890. The topological polar surface area (TPSA) is 88.8 Å². The van der Waals surface area contributed by atoms with Crippen LogP contribution in [0.4, 0.5) is 0 Å². The van der Waals surface area contributed by atoms with Crippen LogP contribution in [0.25, 0.3) is 0 Å². The van der Waals surface area contributed by atoms with Gasteiger partial charge in [0.2, 0.25) is 17.7 Å². The lowest BCUT2D eigenvalue weighted by atomic mass is 9.98. The van der Waals surface area contributed by atoms with Crippen LogP contribution in [0.15, 0.2) is 28.8 Å². The molecule has 0 radical (unpaired) electrons. The van der Waals surface area contributed by atoms with Crippen LogP contribution in [0.2, 0.25) is 0 Å². The van der Waals surface area contributed by atoms with Crippen LogP contribution in [-0.4, -0.2) is 58.5 Å². The summed E-state index contributed by atoms with van der Waals surface area (Å²) < 4.78 is 10.7. The number of hydrogen-bond acceptors (Lipinski definition) is 6. The van der Waals surface area contributed by atoms with Gasteiger partial charge in [-0.05, 0) is 37.0 Å². The normalized spacial score (nSPS) is 19.3. The summed E-state index contributed by atoms with van der Waals surface area (Å²) in [6, 6.07) is 7.67. The predicted molar refractivity (Wildman–Crippen MR) is 104 cm³/mol. The molecule has 4 rings (SSSR count). The molecule has 29 heavy (non-hydrogen) atoms. The Kier molecular flexibility index (Phi) is 5.51. The summed E-state index contributed by atoms with van der Waals surface area (Å²) in [5.41, 5.74) is 1.09. The molecule has 2 saturated heterocycles. The summed E-state index contributed by atoms with van der Waals surface area (Å²) in [6.07, 6.45) is 2.95. The lowest BCUT2D eigenvalue weighted by Gasteiger charge is -2.37. The van der Waals surface area contributed by atoms with E-state index in [1.807, 2.05) is 29.2 Å². The largest absolute Gasteiger partial charge is 0.497 e. The van der Waals surface area contributed by atoms with Gasteiger partial charge in [0, 0.05) is 33.0 Å². The van der Waals surface area contributed by atoms with E-state index in [0.29, 0.717) is 37.6 Å². The molecule has 0 aliphatic carbocycles. The Labute approximate surface area is 169 Å². The van der Waals surface area contributed by atoms with E-state index < -0.39 is 0 Å². The summed E-state index contributed by atoms with van der Waals surface area (Å²) >= 11 is 0. The molecule has 1 atom stereocenters. The molecule has 2 fully saturated rings. The summed E-state index contributed by atoms with van der Waals surface area (Å²) in [7, 11) is 1.64. The predicted octanol–water partition coefficient (Wildman–Crippen LogP) is 2.32. The minimum atomic E-state index is -0.116. The minimum absolute atomic E-state index is 0.0312. The fourth-order valence-corrected chi connectivity index (χ4v) is 4.03. The van der Waals surface area contributed by atoms with E-state index in [2.05, 4.69) is 10.1 Å². The van der Waals surface area contributed by atoms with Gasteiger partial charge in [-0.1, -0.05) is 17.3 Å². The average Bonchev–Trinajstić information content (AvgIpc) is 3.34. The van der Waals surface area contributed by atoms with Crippen LogP contribution in [0.1, 0.15) is 55.4 Å². The van der Waals surface area contributed by atoms with Crippen LogP contribution < -0.4 is 4.74 Å². The van der Waals surface area contributed by atoms with Crippen molar-refractivity contribution < 1.29 is 18.8 Å². The molecule has 154 valence electrons. The van der Waals surface area contributed by atoms with Gasteiger partial charge in [0.1, 0.15) is 11.8 Å². The first kappa shape index (κ1) is 19.4. The Hall–Kier alpha value is -2.90. The van der Waals surface area contributed by atoms with Gasteiger partial charge in [0.15, 0.2) is 5.82 Å². The number of carbonyl (C=O) groups is 2. The molecular weight excluding hydrogens is 372 g/mol. The maximum Gasteiger partial charge on any atom is 0.249 e. The van der Waals surface area contributed by atoms with Crippen LogP contribution in [0.5, 0.6) is 5.75 Å². The van der Waals surface area contributed by atoms with E-state index in [9.17, 15) is 9.59 Å². The van der Waals surface area contributed by atoms with E-state index in [4.69, 9.17) is 9.26 Å². The van der Waals surface area contributed by atoms with Crippen molar-refractivity contribution in [1.82, 2.24) is 19.9 Å². The average molecular weight is 398 g/mol. The molecule has 0 spiro atoms. The molecule has 8 nitrogen and oxygen atoms in total. The van der Waals surface area contributed by atoms with Crippen molar-refractivity contribution in [3.05, 3.63) is 41.5 Å². The molecule has 2 aliphatic heterocycles. The van der Waals surface area contributed by atoms with Gasteiger partial charge < -0.3 is 19.1 Å². The number of carbonyl (C=O) groups excluding carboxylic acids is 2. The highest BCUT2D eigenvalue weighted by Crippen LogP contribution is 2.33. The standard InChI is InChI=1S/C21H26N4O4/c1-14(26)25-10-4-7-18(25)21-22-20(23-29-21)16-12-24(13-16)19(27)9-8-15-5-3-6-17(11-15)28-2/h3,5-6,11,16,18H,4,7-10,12-13H2,1-2H3. The number of aryl methyl sites for hydroxylation is 1. The van der Waals surface area contributed by atoms with Crippen LogP contribution in [0.3, 0.4) is 0 Å². The van der Waals surface area contributed by atoms with Gasteiger partial charge in [0.25, 0.3) is 0 Å². The Morgan fingerprint density at radius 2 is 2.14 bits per heavy atom. The molecule has 3 heterocycles. The second-order valence-corrected chi connectivity index (χ2v) is 7.71. The molecule has 2 aromatic rings. The van der Waals surface area contributed by atoms with Crippen molar-refractivity contribution in [2.75, 3.05) is 26.7 Å². The van der Waals surface area contributed by atoms with Crippen molar-refractivity contribution in [3.63, 3.8) is 0 Å². The number of aromatic nitrogens is 2. The molecule has 1 aromatic carbocycles. The lowest BCUT2D eigenvalue weighted by molar-refractivity contribution is -0.135. The quantitative estimate of drug-likeness (QED) is 0.742. The number of benzene rings is 1. The van der Waals surface area contributed by atoms with Crippen molar-refractivity contribution in [2.45, 2.75) is 44.6 Å². The number of likely N-dealkylation sites (tertiary alicyclic amines) is 2. The van der Waals surface area contributed by atoms with E-state index in [1.54, 1.807) is 18.9 Å². The fourth-order valence-electron chi connectivity index (χ4n) is 4.03. The molecule has 2 aliphatic rings. The highest BCUT2D eigenvalue weighted by molar-refractivity contribution is 5.77. The first-order chi connectivity index (χ1) is 14.0. The molecule has 1 unspecified atom stereocenters. The summed E-state index contributed by atoms with van der Waals surface area (Å²) in [6.45, 7) is 3.52. The second-order valence-electron chi connectivity index (χ2n) is 7.71. The Balaban J connectivity index is 1.28. The smallest absolute Gasteiger partial charge is 0.249 e. The van der Waals surface area contributed by atoms with Crippen LogP contribution in [0, 0.1) is 0 Å². The molecule has 0 saturated carbocycles. The summed E-state index contributed by atoms with van der Waals surface area (Å²) in [5, 5.41) is 4.11. The Morgan fingerprint density at radius 1 is 1.31 bits per heavy atom. The van der Waals surface area contributed by atoms with Crippen LogP contribution >= 0.6 is 0 Å². The van der Waals surface area contributed by atoms with Gasteiger partial charge in [-0.3, -0.25) is 9.59 Å². The molecule has 0 bridgehead atoms. The van der Waals surface area contributed by atoms with E-state index in [0.717, 1.165) is 30.7 Å². The number of amides is 2. The highest BCUT2D eigenvalue weighted by Gasteiger charge is 2.37. The maximum absolute atomic E-state index is 12.4.